The molecule has 3 N–H and O–H groups in total. The highest BCUT2D eigenvalue weighted by atomic mass is 32.2. The third-order valence-electron chi connectivity index (χ3n) is 4.75. The average molecular weight is 407 g/mol. The van der Waals surface area contributed by atoms with Gasteiger partial charge in [0.15, 0.2) is 0 Å². The summed E-state index contributed by atoms with van der Waals surface area (Å²) in [4.78, 5) is 36.6. The van der Waals surface area contributed by atoms with Gasteiger partial charge in [-0.1, -0.05) is 30.3 Å². The van der Waals surface area contributed by atoms with Crippen LogP contribution in [0.3, 0.4) is 0 Å². The Balaban J connectivity index is 1.57. The zero-order valence-electron chi connectivity index (χ0n) is 15.8. The number of alkyl carbamates (subject to hydrolysis) is 1. The largest absolute Gasteiger partial charge is 0.450 e. The summed E-state index contributed by atoms with van der Waals surface area (Å²) in [6.45, 7) is 3.69. The molecule has 1 aromatic carbocycles. The molecular weight excluding hydrogens is 382 g/mol. The summed E-state index contributed by atoms with van der Waals surface area (Å²) in [7, 11) is 0. The number of rotatable bonds is 5. The smallest absolute Gasteiger partial charge is 0.413 e. The highest BCUT2D eigenvalue weighted by Gasteiger charge is 2.41. The molecule has 152 valence electrons. The van der Waals surface area contributed by atoms with Crippen LogP contribution >= 0.6 is 11.8 Å². The van der Waals surface area contributed by atoms with Crippen LogP contribution < -0.4 is 16.0 Å². The van der Waals surface area contributed by atoms with Crippen LogP contribution in [0.25, 0.3) is 0 Å². The molecule has 0 aromatic heterocycles. The lowest BCUT2D eigenvalue weighted by atomic mass is 10.1. The van der Waals surface area contributed by atoms with Crippen molar-refractivity contribution in [1.29, 1.82) is 0 Å². The number of hydrogen-bond acceptors (Lipinski definition) is 7. The number of ether oxygens (including phenoxy) is 2. The standard InChI is InChI=1S/C19H25N3O5S/c1-3-26-19(25)22-15(23)13-9-10-28-18(13)21-16(24)14-11(2)27-17(20-14)12-7-5-4-6-8-12/h4-8,11,13-14,17-18,20H,3,9-10H2,1-2H3,(H,21,24)(H,22,23,25). The van der Waals surface area contributed by atoms with Crippen molar-refractivity contribution in [3.05, 3.63) is 35.9 Å². The van der Waals surface area contributed by atoms with E-state index in [9.17, 15) is 14.4 Å². The number of benzene rings is 1. The van der Waals surface area contributed by atoms with Crippen molar-refractivity contribution < 1.29 is 23.9 Å². The quantitative estimate of drug-likeness (QED) is 0.680. The van der Waals surface area contributed by atoms with E-state index < -0.39 is 29.3 Å². The molecule has 3 rings (SSSR count). The van der Waals surface area contributed by atoms with Gasteiger partial charge >= 0.3 is 6.09 Å². The molecule has 3 amide bonds. The molecular formula is C19H25N3O5S. The molecule has 0 bridgehead atoms. The van der Waals surface area contributed by atoms with Crippen LogP contribution in [0.15, 0.2) is 30.3 Å². The van der Waals surface area contributed by atoms with Crippen molar-refractivity contribution in [3.63, 3.8) is 0 Å². The minimum absolute atomic E-state index is 0.187. The van der Waals surface area contributed by atoms with Crippen LogP contribution in [0, 0.1) is 5.92 Å². The van der Waals surface area contributed by atoms with E-state index in [2.05, 4.69) is 16.0 Å². The first-order valence-corrected chi connectivity index (χ1v) is 10.4. The van der Waals surface area contributed by atoms with Gasteiger partial charge in [-0.3, -0.25) is 20.2 Å². The lowest BCUT2D eigenvalue weighted by Gasteiger charge is -2.22. The predicted molar refractivity (Wildman–Crippen MR) is 104 cm³/mol. The molecule has 0 aliphatic carbocycles. The maximum Gasteiger partial charge on any atom is 0.413 e. The number of thioether (sulfide) groups is 1. The van der Waals surface area contributed by atoms with Crippen LogP contribution in [0.5, 0.6) is 0 Å². The minimum atomic E-state index is -0.764. The van der Waals surface area contributed by atoms with E-state index in [1.54, 1.807) is 6.92 Å². The van der Waals surface area contributed by atoms with Crippen molar-refractivity contribution in [2.75, 3.05) is 12.4 Å². The van der Waals surface area contributed by atoms with Crippen molar-refractivity contribution >= 4 is 29.7 Å². The van der Waals surface area contributed by atoms with Gasteiger partial charge in [-0.2, -0.15) is 0 Å². The molecule has 2 saturated heterocycles. The maximum absolute atomic E-state index is 12.8. The van der Waals surface area contributed by atoms with Crippen molar-refractivity contribution in [2.45, 2.75) is 44.0 Å². The van der Waals surface area contributed by atoms with Crippen molar-refractivity contribution in [2.24, 2.45) is 5.92 Å². The summed E-state index contributed by atoms with van der Waals surface area (Å²) in [6.07, 6.45) is -0.855. The molecule has 2 aliphatic heterocycles. The SMILES string of the molecule is CCOC(=O)NC(=O)C1CCSC1NC(=O)C1NC(c2ccccc2)OC1C. The fourth-order valence-corrected chi connectivity index (χ4v) is 4.65. The molecule has 9 heteroatoms. The van der Waals surface area contributed by atoms with Gasteiger partial charge in [-0.05, 0) is 31.6 Å². The molecule has 8 nitrogen and oxygen atoms in total. The Morgan fingerprint density at radius 2 is 2.00 bits per heavy atom. The van der Waals surface area contributed by atoms with Crippen molar-refractivity contribution in [3.8, 4) is 0 Å². The number of carbonyl (C=O) groups excluding carboxylic acids is 3. The molecule has 0 radical (unpaired) electrons. The maximum atomic E-state index is 12.8. The normalized spacial score (nSPS) is 29.3. The average Bonchev–Trinajstić information content (AvgIpc) is 3.29. The predicted octanol–water partition coefficient (Wildman–Crippen LogP) is 1.53. The molecule has 5 unspecified atom stereocenters. The van der Waals surface area contributed by atoms with Crippen LogP contribution in [0.4, 0.5) is 4.79 Å². The summed E-state index contributed by atoms with van der Waals surface area (Å²) in [5, 5.41) is 7.96. The Morgan fingerprint density at radius 1 is 1.25 bits per heavy atom. The van der Waals surface area contributed by atoms with Gasteiger partial charge in [0.25, 0.3) is 0 Å². The Hall–Kier alpha value is -2.10. The van der Waals surface area contributed by atoms with Gasteiger partial charge in [0.1, 0.15) is 12.3 Å². The minimum Gasteiger partial charge on any atom is -0.450 e. The number of amides is 3. The van der Waals surface area contributed by atoms with Crippen molar-refractivity contribution in [1.82, 2.24) is 16.0 Å². The van der Waals surface area contributed by atoms with Gasteiger partial charge in [-0.25, -0.2) is 4.79 Å². The lowest BCUT2D eigenvalue weighted by Crippen LogP contribution is -2.51. The molecule has 28 heavy (non-hydrogen) atoms. The van der Waals surface area contributed by atoms with E-state index >= 15 is 0 Å². The van der Waals surface area contributed by atoms with Gasteiger partial charge in [0.05, 0.1) is 24.0 Å². The van der Waals surface area contributed by atoms with Crippen LogP contribution in [0.2, 0.25) is 0 Å². The van der Waals surface area contributed by atoms with E-state index in [0.717, 1.165) is 11.3 Å². The highest BCUT2D eigenvalue weighted by Crippen LogP contribution is 2.31. The zero-order chi connectivity index (χ0) is 20.1. The Kier molecular flexibility index (Phi) is 6.93. The van der Waals surface area contributed by atoms with E-state index in [4.69, 9.17) is 9.47 Å². The Bertz CT molecular complexity index is 717. The summed E-state index contributed by atoms with van der Waals surface area (Å²) < 4.78 is 10.6. The molecule has 2 heterocycles. The topological polar surface area (TPSA) is 106 Å². The summed E-state index contributed by atoms with van der Waals surface area (Å²) >= 11 is 1.49. The third-order valence-corrected chi connectivity index (χ3v) is 6.03. The highest BCUT2D eigenvalue weighted by molar-refractivity contribution is 8.00. The first-order chi connectivity index (χ1) is 13.5. The second kappa shape index (κ2) is 9.40. The second-order valence-electron chi connectivity index (χ2n) is 6.68. The first-order valence-electron chi connectivity index (χ1n) is 9.35. The van der Waals surface area contributed by atoms with Gasteiger partial charge in [-0.15, -0.1) is 11.8 Å². The molecule has 2 fully saturated rings. The summed E-state index contributed by atoms with van der Waals surface area (Å²) in [6, 6.07) is 9.10. The number of hydrogen-bond donors (Lipinski definition) is 3. The molecule has 1 aromatic rings. The zero-order valence-corrected chi connectivity index (χ0v) is 16.7. The molecule has 5 atom stereocenters. The van der Waals surface area contributed by atoms with Crippen LogP contribution in [-0.2, 0) is 19.1 Å². The monoisotopic (exact) mass is 407 g/mol. The van der Waals surface area contributed by atoms with Gasteiger partial charge < -0.3 is 14.8 Å². The van der Waals surface area contributed by atoms with Crippen LogP contribution in [-0.4, -0.2) is 47.8 Å². The molecule has 0 spiro atoms. The van der Waals surface area contributed by atoms with E-state index in [0.29, 0.717) is 6.42 Å². The fraction of sp³-hybridized carbons (Fsp3) is 0.526. The summed E-state index contributed by atoms with van der Waals surface area (Å²) in [5.74, 6) is -0.414. The van der Waals surface area contributed by atoms with Gasteiger partial charge in [0.2, 0.25) is 11.8 Å². The molecule has 2 aliphatic rings. The number of imide groups is 1. The lowest BCUT2D eigenvalue weighted by molar-refractivity contribution is -0.126. The third kappa shape index (κ3) is 4.84. The Labute approximate surface area is 168 Å². The van der Waals surface area contributed by atoms with E-state index in [1.165, 1.54) is 11.8 Å². The fourth-order valence-electron chi connectivity index (χ4n) is 3.31. The van der Waals surface area contributed by atoms with Gasteiger partial charge in [0, 0.05) is 0 Å². The summed E-state index contributed by atoms with van der Waals surface area (Å²) in [5.41, 5.74) is 0.951. The van der Waals surface area contributed by atoms with E-state index in [-0.39, 0.29) is 24.8 Å². The second-order valence-corrected chi connectivity index (χ2v) is 7.93. The molecule has 0 saturated carbocycles. The van der Waals surface area contributed by atoms with Crippen LogP contribution in [0.1, 0.15) is 32.1 Å². The number of nitrogens with one attached hydrogen (secondary N) is 3. The number of carbonyl (C=O) groups is 3. The first kappa shape index (κ1) is 20.6. The van der Waals surface area contributed by atoms with E-state index in [1.807, 2.05) is 37.3 Å². The Morgan fingerprint density at radius 3 is 2.71 bits per heavy atom.